The summed E-state index contributed by atoms with van der Waals surface area (Å²) in [7, 11) is 5.56. The van der Waals surface area contributed by atoms with Gasteiger partial charge in [0.05, 0.1) is 0 Å². The molecule has 76 valence electrons. The van der Waals surface area contributed by atoms with E-state index in [2.05, 4.69) is 5.32 Å². The van der Waals surface area contributed by atoms with Crippen LogP contribution in [0.5, 0.6) is 0 Å². The molecule has 0 saturated heterocycles. The topological polar surface area (TPSA) is 32.3 Å². The van der Waals surface area contributed by atoms with E-state index in [1.807, 2.05) is 44.1 Å². The summed E-state index contributed by atoms with van der Waals surface area (Å²) in [5.41, 5.74) is 2.84. The summed E-state index contributed by atoms with van der Waals surface area (Å²) < 4.78 is 0. The lowest BCUT2D eigenvalue weighted by Crippen LogP contribution is -2.19. The van der Waals surface area contributed by atoms with Crippen LogP contribution in [0.15, 0.2) is 18.2 Å². The van der Waals surface area contributed by atoms with Crippen molar-refractivity contribution in [3.05, 3.63) is 29.3 Å². The number of anilines is 1. The van der Waals surface area contributed by atoms with Gasteiger partial charge >= 0.3 is 0 Å². The maximum absolute atomic E-state index is 11.4. The molecule has 1 amide bonds. The van der Waals surface area contributed by atoms with Crippen LogP contribution < -0.4 is 10.2 Å². The van der Waals surface area contributed by atoms with E-state index in [1.54, 1.807) is 7.05 Å². The molecule has 0 radical (unpaired) electrons. The molecule has 0 spiro atoms. The van der Waals surface area contributed by atoms with Crippen LogP contribution >= 0.6 is 0 Å². The predicted molar refractivity (Wildman–Crippen MR) is 58.9 cm³/mol. The Morgan fingerprint density at radius 1 is 1.29 bits per heavy atom. The quantitative estimate of drug-likeness (QED) is 0.768. The van der Waals surface area contributed by atoms with Crippen molar-refractivity contribution < 1.29 is 4.79 Å². The zero-order valence-corrected chi connectivity index (χ0v) is 9.09. The summed E-state index contributed by atoms with van der Waals surface area (Å²) in [5.74, 6) is -0.0446. The number of rotatable bonds is 2. The number of amides is 1. The van der Waals surface area contributed by atoms with Gasteiger partial charge in [-0.25, -0.2) is 0 Å². The van der Waals surface area contributed by atoms with Crippen LogP contribution in [-0.4, -0.2) is 27.1 Å². The minimum absolute atomic E-state index is 0.0446. The van der Waals surface area contributed by atoms with Crippen molar-refractivity contribution in [1.82, 2.24) is 5.32 Å². The molecule has 0 aliphatic heterocycles. The van der Waals surface area contributed by atoms with Gasteiger partial charge in [-0.15, -0.1) is 0 Å². The van der Waals surface area contributed by atoms with E-state index < -0.39 is 0 Å². The molecule has 1 rings (SSSR count). The lowest BCUT2D eigenvalue weighted by molar-refractivity contribution is 0.0963. The van der Waals surface area contributed by atoms with Gasteiger partial charge in [-0.05, 0) is 30.7 Å². The summed E-state index contributed by atoms with van der Waals surface area (Å²) in [5, 5.41) is 2.62. The first-order valence-corrected chi connectivity index (χ1v) is 4.55. The lowest BCUT2D eigenvalue weighted by Gasteiger charge is -2.14. The Morgan fingerprint density at radius 2 is 1.93 bits per heavy atom. The second-order valence-electron chi connectivity index (χ2n) is 3.53. The van der Waals surface area contributed by atoms with E-state index >= 15 is 0 Å². The van der Waals surface area contributed by atoms with Crippen LogP contribution in [0.25, 0.3) is 0 Å². The average molecular weight is 192 g/mol. The van der Waals surface area contributed by atoms with E-state index in [0.717, 1.165) is 11.3 Å². The Hall–Kier alpha value is -1.51. The fourth-order valence-electron chi connectivity index (χ4n) is 1.30. The zero-order valence-electron chi connectivity index (χ0n) is 9.09. The number of nitrogens with zero attached hydrogens (tertiary/aromatic N) is 1. The summed E-state index contributed by atoms with van der Waals surface area (Å²) >= 11 is 0. The van der Waals surface area contributed by atoms with E-state index in [1.165, 1.54) is 0 Å². The SMILES string of the molecule is CNC(=O)c1cc(C)cc(N(C)C)c1. The maximum atomic E-state index is 11.4. The van der Waals surface area contributed by atoms with Gasteiger partial charge in [0.25, 0.3) is 5.91 Å². The summed E-state index contributed by atoms with van der Waals surface area (Å²) in [6.07, 6.45) is 0. The van der Waals surface area contributed by atoms with Crippen molar-refractivity contribution in [3.63, 3.8) is 0 Å². The van der Waals surface area contributed by atoms with Crippen molar-refractivity contribution in [1.29, 1.82) is 0 Å². The molecule has 0 aliphatic rings. The van der Waals surface area contributed by atoms with Crippen LogP contribution in [0.3, 0.4) is 0 Å². The predicted octanol–water partition coefficient (Wildman–Crippen LogP) is 1.42. The zero-order chi connectivity index (χ0) is 10.7. The van der Waals surface area contributed by atoms with Gasteiger partial charge in [0.1, 0.15) is 0 Å². The molecule has 3 nitrogen and oxygen atoms in total. The first-order valence-electron chi connectivity index (χ1n) is 4.55. The van der Waals surface area contributed by atoms with E-state index in [4.69, 9.17) is 0 Å². The van der Waals surface area contributed by atoms with E-state index in [9.17, 15) is 4.79 Å². The van der Waals surface area contributed by atoms with Gasteiger partial charge in [0.2, 0.25) is 0 Å². The Labute approximate surface area is 84.7 Å². The maximum Gasteiger partial charge on any atom is 0.251 e. The summed E-state index contributed by atoms with van der Waals surface area (Å²) in [6.45, 7) is 1.99. The van der Waals surface area contributed by atoms with Gasteiger partial charge in [-0.3, -0.25) is 4.79 Å². The normalized spacial score (nSPS) is 9.71. The summed E-state index contributed by atoms with van der Waals surface area (Å²) in [6, 6.07) is 5.81. The molecule has 0 bridgehead atoms. The highest BCUT2D eigenvalue weighted by Gasteiger charge is 2.06. The highest BCUT2D eigenvalue weighted by atomic mass is 16.1. The molecule has 3 heteroatoms. The van der Waals surface area contributed by atoms with E-state index in [-0.39, 0.29) is 5.91 Å². The molecule has 0 fully saturated rings. The fraction of sp³-hybridized carbons (Fsp3) is 0.364. The minimum Gasteiger partial charge on any atom is -0.378 e. The largest absolute Gasteiger partial charge is 0.378 e. The second-order valence-corrected chi connectivity index (χ2v) is 3.53. The number of carbonyl (C=O) groups excluding carboxylic acids is 1. The first kappa shape index (κ1) is 10.6. The van der Waals surface area contributed by atoms with Crippen molar-refractivity contribution in [2.24, 2.45) is 0 Å². The van der Waals surface area contributed by atoms with Gasteiger partial charge in [-0.2, -0.15) is 0 Å². The third-order valence-electron chi connectivity index (χ3n) is 2.07. The molecule has 14 heavy (non-hydrogen) atoms. The number of benzene rings is 1. The van der Waals surface area contributed by atoms with Crippen molar-refractivity contribution in [2.45, 2.75) is 6.92 Å². The monoisotopic (exact) mass is 192 g/mol. The molecule has 0 atom stereocenters. The molecule has 0 aromatic heterocycles. The number of hydrogen-bond acceptors (Lipinski definition) is 2. The number of nitrogens with one attached hydrogen (secondary N) is 1. The van der Waals surface area contributed by atoms with E-state index in [0.29, 0.717) is 5.56 Å². The number of hydrogen-bond donors (Lipinski definition) is 1. The van der Waals surface area contributed by atoms with Crippen molar-refractivity contribution in [3.8, 4) is 0 Å². The third-order valence-corrected chi connectivity index (χ3v) is 2.07. The Morgan fingerprint density at radius 3 is 2.43 bits per heavy atom. The molecule has 1 aromatic rings. The van der Waals surface area contributed by atoms with Gasteiger partial charge in [0.15, 0.2) is 0 Å². The number of aryl methyl sites for hydroxylation is 1. The smallest absolute Gasteiger partial charge is 0.251 e. The molecule has 1 aromatic carbocycles. The number of carbonyl (C=O) groups is 1. The van der Waals surface area contributed by atoms with Crippen LogP contribution in [0.4, 0.5) is 5.69 Å². The first-order chi connectivity index (χ1) is 6.54. The van der Waals surface area contributed by atoms with Crippen LogP contribution in [0.1, 0.15) is 15.9 Å². The van der Waals surface area contributed by atoms with Crippen LogP contribution in [0, 0.1) is 6.92 Å². The molecule has 0 heterocycles. The molecular formula is C11H16N2O. The lowest BCUT2D eigenvalue weighted by atomic mass is 10.1. The van der Waals surface area contributed by atoms with Crippen molar-refractivity contribution >= 4 is 11.6 Å². The second kappa shape index (κ2) is 4.13. The Balaban J connectivity index is 3.13. The standard InChI is InChI=1S/C11H16N2O/c1-8-5-9(11(14)12-2)7-10(6-8)13(3)4/h5-7H,1-4H3,(H,12,14). The highest BCUT2D eigenvalue weighted by molar-refractivity contribution is 5.95. The Kier molecular flexibility index (Phi) is 3.12. The Bertz CT molecular complexity index is 345. The van der Waals surface area contributed by atoms with Gasteiger partial charge < -0.3 is 10.2 Å². The van der Waals surface area contributed by atoms with Crippen LogP contribution in [0.2, 0.25) is 0 Å². The van der Waals surface area contributed by atoms with Crippen LogP contribution in [-0.2, 0) is 0 Å². The molecule has 0 unspecified atom stereocenters. The van der Waals surface area contributed by atoms with Gasteiger partial charge in [-0.1, -0.05) is 0 Å². The summed E-state index contributed by atoms with van der Waals surface area (Å²) in [4.78, 5) is 13.4. The molecule has 0 saturated carbocycles. The van der Waals surface area contributed by atoms with Gasteiger partial charge in [0, 0.05) is 32.4 Å². The van der Waals surface area contributed by atoms with Crippen molar-refractivity contribution in [2.75, 3.05) is 26.0 Å². The molecule has 1 N–H and O–H groups in total. The third kappa shape index (κ3) is 2.25. The minimum atomic E-state index is -0.0446. The molecule has 0 aliphatic carbocycles. The fourth-order valence-corrected chi connectivity index (χ4v) is 1.30. The highest BCUT2D eigenvalue weighted by Crippen LogP contribution is 2.16. The average Bonchev–Trinajstić information content (AvgIpc) is 2.15. The molecular weight excluding hydrogens is 176 g/mol.